The number of ether oxygens (including phenoxy) is 1. The molecule has 0 bridgehead atoms. The quantitative estimate of drug-likeness (QED) is 0.403. The van der Waals surface area contributed by atoms with Gasteiger partial charge in [0.1, 0.15) is 18.2 Å². The molecule has 1 saturated carbocycles. The van der Waals surface area contributed by atoms with Gasteiger partial charge in [0.05, 0.1) is 19.0 Å². The van der Waals surface area contributed by atoms with Crippen molar-refractivity contribution >= 4 is 24.6 Å². The van der Waals surface area contributed by atoms with Gasteiger partial charge >= 0.3 is 7.60 Å². The number of fused-ring (bicyclic) bond motifs is 1. The van der Waals surface area contributed by atoms with E-state index in [4.69, 9.17) is 14.5 Å². The van der Waals surface area contributed by atoms with Gasteiger partial charge in [-0.1, -0.05) is 32.1 Å². The first kappa shape index (κ1) is 21.2. The lowest BCUT2D eigenvalue weighted by molar-refractivity contribution is 0.0764. The topological polar surface area (TPSA) is 122 Å². The van der Waals surface area contributed by atoms with Crippen LogP contribution in [-0.2, 0) is 15.8 Å². The maximum Gasteiger partial charge on any atom is 0.350 e. The standard InChI is InChI=1S/C18H30N5O4P/c1-14(27-13-28(24,25)26)10-23-12-22-16-17(20-11-21-18(16)23)19-9-5-8-15-6-3-2-4-7-15/h11-12,14-15H,2-10,13H2,1H3,(H,19,20,21)(H2,24,25,26)/t14-/m1/s1. The van der Waals surface area contributed by atoms with Crippen LogP contribution in [0.3, 0.4) is 0 Å². The van der Waals surface area contributed by atoms with Crippen LogP contribution in [0.2, 0.25) is 0 Å². The molecule has 2 heterocycles. The van der Waals surface area contributed by atoms with Crippen LogP contribution in [0.15, 0.2) is 12.7 Å². The van der Waals surface area contributed by atoms with Gasteiger partial charge in [0, 0.05) is 6.54 Å². The molecule has 0 radical (unpaired) electrons. The first-order chi connectivity index (χ1) is 13.4. The summed E-state index contributed by atoms with van der Waals surface area (Å²) >= 11 is 0. The van der Waals surface area contributed by atoms with Crippen molar-refractivity contribution in [3.63, 3.8) is 0 Å². The van der Waals surface area contributed by atoms with E-state index in [2.05, 4.69) is 20.3 Å². The van der Waals surface area contributed by atoms with Gasteiger partial charge < -0.3 is 24.4 Å². The summed E-state index contributed by atoms with van der Waals surface area (Å²) in [4.78, 5) is 30.9. The van der Waals surface area contributed by atoms with E-state index < -0.39 is 13.9 Å². The molecule has 1 fully saturated rings. The van der Waals surface area contributed by atoms with Gasteiger partial charge in [0.25, 0.3) is 0 Å². The summed E-state index contributed by atoms with van der Waals surface area (Å²) in [6.07, 6.45) is 11.4. The highest BCUT2D eigenvalue weighted by molar-refractivity contribution is 7.51. The maximum atomic E-state index is 10.9. The van der Waals surface area contributed by atoms with Gasteiger partial charge in [-0.15, -0.1) is 0 Å². The number of anilines is 1. The number of nitrogens with zero attached hydrogens (tertiary/aromatic N) is 4. The molecule has 2 aromatic rings. The van der Waals surface area contributed by atoms with Crippen LogP contribution in [0, 0.1) is 5.92 Å². The second-order valence-corrected chi connectivity index (χ2v) is 9.22. The molecule has 0 saturated heterocycles. The Morgan fingerprint density at radius 2 is 2.07 bits per heavy atom. The fourth-order valence-corrected chi connectivity index (χ4v) is 4.22. The zero-order valence-corrected chi connectivity index (χ0v) is 17.2. The third-order valence-corrected chi connectivity index (χ3v) is 5.67. The van der Waals surface area contributed by atoms with E-state index in [-0.39, 0.29) is 6.10 Å². The largest absolute Gasteiger partial charge is 0.368 e. The number of hydrogen-bond acceptors (Lipinski definition) is 6. The number of aromatic nitrogens is 4. The molecule has 1 atom stereocenters. The summed E-state index contributed by atoms with van der Waals surface area (Å²) in [6, 6.07) is 0. The number of imidazole rings is 1. The van der Waals surface area contributed by atoms with Crippen molar-refractivity contribution in [1.82, 2.24) is 19.5 Å². The van der Waals surface area contributed by atoms with Crippen LogP contribution in [0.25, 0.3) is 11.2 Å². The van der Waals surface area contributed by atoms with E-state index in [0.29, 0.717) is 17.7 Å². The lowest BCUT2D eigenvalue weighted by Crippen LogP contribution is -2.17. The normalized spacial score (nSPS) is 17.1. The molecule has 9 nitrogen and oxygen atoms in total. The Labute approximate surface area is 165 Å². The molecule has 0 spiro atoms. The van der Waals surface area contributed by atoms with Gasteiger partial charge in [0.2, 0.25) is 0 Å². The monoisotopic (exact) mass is 411 g/mol. The third-order valence-electron chi connectivity index (χ3n) is 5.19. The van der Waals surface area contributed by atoms with Gasteiger partial charge in [-0.3, -0.25) is 4.57 Å². The minimum atomic E-state index is -4.17. The molecule has 10 heteroatoms. The fourth-order valence-electron chi connectivity index (χ4n) is 3.77. The number of rotatable bonds is 10. The van der Waals surface area contributed by atoms with Gasteiger partial charge in [-0.25, -0.2) is 15.0 Å². The van der Waals surface area contributed by atoms with Crippen LogP contribution < -0.4 is 5.32 Å². The highest BCUT2D eigenvalue weighted by atomic mass is 31.2. The van der Waals surface area contributed by atoms with Crippen molar-refractivity contribution in [2.45, 2.75) is 64.5 Å². The Kier molecular flexibility index (Phi) is 7.40. The first-order valence-electron chi connectivity index (χ1n) is 9.98. The molecule has 28 heavy (non-hydrogen) atoms. The Balaban J connectivity index is 1.54. The second kappa shape index (κ2) is 9.78. The summed E-state index contributed by atoms with van der Waals surface area (Å²) in [5.74, 6) is 1.59. The number of nitrogens with one attached hydrogen (secondary N) is 1. The average molecular weight is 411 g/mol. The van der Waals surface area contributed by atoms with Crippen LogP contribution in [0.1, 0.15) is 51.9 Å². The molecule has 3 N–H and O–H groups in total. The van der Waals surface area contributed by atoms with Crippen LogP contribution in [0.4, 0.5) is 5.82 Å². The molecule has 0 unspecified atom stereocenters. The minimum absolute atomic E-state index is 0.383. The van der Waals surface area contributed by atoms with E-state index >= 15 is 0 Å². The van der Waals surface area contributed by atoms with E-state index in [0.717, 1.165) is 24.7 Å². The molecular formula is C18H30N5O4P. The van der Waals surface area contributed by atoms with Gasteiger partial charge in [-0.2, -0.15) is 0 Å². The summed E-state index contributed by atoms with van der Waals surface area (Å²) in [7, 11) is -4.17. The second-order valence-electron chi connectivity index (χ2n) is 7.64. The Morgan fingerprint density at radius 1 is 1.29 bits per heavy atom. The molecule has 1 aliphatic carbocycles. The lowest BCUT2D eigenvalue weighted by Gasteiger charge is -2.21. The van der Waals surface area contributed by atoms with E-state index in [1.807, 2.05) is 4.57 Å². The van der Waals surface area contributed by atoms with Crippen molar-refractivity contribution in [2.24, 2.45) is 5.92 Å². The molecule has 3 rings (SSSR count). The summed E-state index contributed by atoms with van der Waals surface area (Å²) < 4.78 is 18.0. The lowest BCUT2D eigenvalue weighted by atomic mass is 9.86. The average Bonchev–Trinajstić information content (AvgIpc) is 3.07. The van der Waals surface area contributed by atoms with Crippen molar-refractivity contribution in [3.8, 4) is 0 Å². The molecule has 0 aliphatic heterocycles. The predicted molar refractivity (Wildman–Crippen MR) is 107 cm³/mol. The van der Waals surface area contributed by atoms with Crippen molar-refractivity contribution < 1.29 is 19.1 Å². The van der Waals surface area contributed by atoms with Crippen LogP contribution in [0.5, 0.6) is 0 Å². The maximum absolute atomic E-state index is 10.9. The highest BCUT2D eigenvalue weighted by Gasteiger charge is 2.17. The Bertz CT molecular complexity index is 802. The third kappa shape index (κ3) is 6.24. The van der Waals surface area contributed by atoms with Crippen molar-refractivity contribution in [1.29, 1.82) is 0 Å². The van der Waals surface area contributed by atoms with Crippen LogP contribution >= 0.6 is 7.60 Å². The Hall–Kier alpha value is -1.54. The van der Waals surface area contributed by atoms with Crippen LogP contribution in [-0.4, -0.2) is 48.3 Å². The zero-order chi connectivity index (χ0) is 20.0. The molecule has 1 aliphatic rings. The minimum Gasteiger partial charge on any atom is -0.368 e. The van der Waals surface area contributed by atoms with E-state index in [1.165, 1.54) is 44.9 Å². The molecule has 2 aromatic heterocycles. The fraction of sp³-hybridized carbons (Fsp3) is 0.722. The zero-order valence-electron chi connectivity index (χ0n) is 16.3. The molecular weight excluding hydrogens is 381 g/mol. The highest BCUT2D eigenvalue weighted by Crippen LogP contribution is 2.34. The molecule has 0 aromatic carbocycles. The van der Waals surface area contributed by atoms with Gasteiger partial charge in [0.15, 0.2) is 11.5 Å². The molecule has 156 valence electrons. The Morgan fingerprint density at radius 3 is 2.82 bits per heavy atom. The van der Waals surface area contributed by atoms with E-state index in [1.54, 1.807) is 13.3 Å². The first-order valence-corrected chi connectivity index (χ1v) is 11.8. The number of hydrogen-bond donors (Lipinski definition) is 3. The smallest absolute Gasteiger partial charge is 0.350 e. The summed E-state index contributed by atoms with van der Waals surface area (Å²) in [5, 5.41) is 3.38. The van der Waals surface area contributed by atoms with Gasteiger partial charge in [-0.05, 0) is 25.7 Å². The summed E-state index contributed by atoms with van der Waals surface area (Å²) in [5.41, 5.74) is 1.37. The SMILES string of the molecule is C[C@H](Cn1cnc2c(NCCCC3CCCCC3)ncnc21)OCP(=O)(O)O. The predicted octanol–water partition coefficient (Wildman–Crippen LogP) is 3.14. The van der Waals surface area contributed by atoms with Crippen molar-refractivity contribution in [2.75, 3.05) is 18.2 Å². The van der Waals surface area contributed by atoms with Crippen molar-refractivity contribution in [3.05, 3.63) is 12.7 Å². The van der Waals surface area contributed by atoms with E-state index in [9.17, 15) is 4.57 Å². The molecule has 0 amide bonds. The summed E-state index contributed by atoms with van der Waals surface area (Å²) in [6.45, 7) is 3.01.